The number of carboxylic acid groups (broad SMARTS) is 3. The maximum atomic E-state index is 12.0. The highest BCUT2D eigenvalue weighted by atomic mass is 16.5. The summed E-state index contributed by atoms with van der Waals surface area (Å²) in [5.74, 6) is -3.58. The third-order valence-corrected chi connectivity index (χ3v) is 4.71. The van der Waals surface area contributed by atoms with Crippen LogP contribution >= 0.6 is 0 Å². The lowest BCUT2D eigenvalue weighted by Crippen LogP contribution is -2.42. The normalized spacial score (nSPS) is 11.2. The molecule has 0 bridgehead atoms. The van der Waals surface area contributed by atoms with E-state index in [1.807, 2.05) is 30.3 Å². The predicted octanol–water partition coefficient (Wildman–Crippen LogP) is 1.60. The Labute approximate surface area is 209 Å². The van der Waals surface area contributed by atoms with Gasteiger partial charge in [0.15, 0.2) is 0 Å². The van der Waals surface area contributed by atoms with Crippen molar-refractivity contribution in [2.75, 3.05) is 52.9 Å². The number of benzene rings is 1. The molecule has 36 heavy (non-hydrogen) atoms. The summed E-state index contributed by atoms with van der Waals surface area (Å²) in [6.45, 7) is -0.332. The fourth-order valence-corrected chi connectivity index (χ4v) is 2.85. The minimum atomic E-state index is -1.04. The molecule has 0 atom stereocenters. The van der Waals surface area contributed by atoms with E-state index in [1.54, 1.807) is 0 Å². The Morgan fingerprint density at radius 2 is 1.00 bits per heavy atom. The molecule has 1 aromatic rings. The number of carbonyl (C=O) groups excluding carboxylic acids is 1. The minimum Gasteiger partial charge on any atom is -0.481 e. The summed E-state index contributed by atoms with van der Waals surface area (Å²) >= 11 is 0. The lowest BCUT2D eigenvalue weighted by molar-refractivity contribution is -0.147. The van der Waals surface area contributed by atoms with Gasteiger partial charge >= 0.3 is 23.9 Å². The first kappa shape index (κ1) is 31.0. The van der Waals surface area contributed by atoms with Crippen LogP contribution in [-0.2, 0) is 49.5 Å². The van der Waals surface area contributed by atoms with Crippen LogP contribution in [0.3, 0.4) is 0 Å². The first-order valence-electron chi connectivity index (χ1n) is 11.4. The zero-order valence-electron chi connectivity index (χ0n) is 20.1. The van der Waals surface area contributed by atoms with Crippen LogP contribution in [0.2, 0.25) is 0 Å². The number of esters is 1. The largest absolute Gasteiger partial charge is 0.481 e. The van der Waals surface area contributed by atoms with Gasteiger partial charge in [-0.2, -0.15) is 0 Å². The maximum absolute atomic E-state index is 12.0. The molecule has 0 aliphatic heterocycles. The van der Waals surface area contributed by atoms with Crippen molar-refractivity contribution in [2.45, 2.75) is 32.3 Å². The van der Waals surface area contributed by atoms with E-state index >= 15 is 0 Å². The summed E-state index contributed by atoms with van der Waals surface area (Å²) in [7, 11) is 0. The van der Waals surface area contributed by atoms with Crippen molar-refractivity contribution in [3.8, 4) is 0 Å². The average Bonchev–Trinajstić information content (AvgIpc) is 2.84. The highest BCUT2D eigenvalue weighted by molar-refractivity contribution is 5.69. The Balaban J connectivity index is 2.66. The van der Waals surface area contributed by atoms with Crippen LogP contribution in [-0.4, -0.2) is 92.1 Å². The van der Waals surface area contributed by atoms with Gasteiger partial charge < -0.3 is 39.0 Å². The van der Waals surface area contributed by atoms with E-state index in [9.17, 15) is 19.2 Å². The zero-order valence-corrected chi connectivity index (χ0v) is 20.1. The molecule has 1 rings (SSSR count). The number of ether oxygens (including phenoxy) is 5. The van der Waals surface area contributed by atoms with Gasteiger partial charge in [0.2, 0.25) is 0 Å². The number of rotatable bonds is 22. The lowest BCUT2D eigenvalue weighted by atomic mass is 9.92. The van der Waals surface area contributed by atoms with E-state index < -0.39 is 29.3 Å². The van der Waals surface area contributed by atoms with Crippen molar-refractivity contribution >= 4 is 23.9 Å². The highest BCUT2D eigenvalue weighted by Gasteiger charge is 2.33. The molecular weight excluding hydrogens is 480 g/mol. The second-order valence-corrected chi connectivity index (χ2v) is 8.04. The monoisotopic (exact) mass is 514 g/mol. The Kier molecular flexibility index (Phi) is 15.7. The Morgan fingerprint density at radius 1 is 0.611 bits per heavy atom. The van der Waals surface area contributed by atoms with Gasteiger partial charge in [-0.15, -0.1) is 0 Å². The molecule has 12 nitrogen and oxygen atoms in total. The Hall–Kier alpha value is -3.06. The van der Waals surface area contributed by atoms with Crippen LogP contribution in [0.1, 0.15) is 31.2 Å². The fraction of sp³-hybridized carbons (Fsp3) is 0.583. The first-order chi connectivity index (χ1) is 17.2. The second-order valence-electron chi connectivity index (χ2n) is 8.04. The predicted molar refractivity (Wildman–Crippen MR) is 123 cm³/mol. The number of carbonyl (C=O) groups is 4. The van der Waals surface area contributed by atoms with Crippen molar-refractivity contribution in [3.05, 3.63) is 35.9 Å². The van der Waals surface area contributed by atoms with Crippen molar-refractivity contribution in [2.24, 2.45) is 5.41 Å². The van der Waals surface area contributed by atoms with Crippen LogP contribution in [0.5, 0.6) is 0 Å². The van der Waals surface area contributed by atoms with Crippen LogP contribution in [0.15, 0.2) is 30.3 Å². The van der Waals surface area contributed by atoms with E-state index in [1.165, 1.54) is 0 Å². The standard InChI is InChI=1S/C24H34O12/c25-20(26)6-10-32-15-24(16-33-11-7-21(27)28,17-34-12-8-22(29)30)18-35-13-9-23(31)36-14-19-4-2-1-3-5-19/h1-5H,6-18H2,(H,25,26)(H,27,28)(H,29,30). The molecule has 12 heteroatoms. The molecule has 0 saturated carbocycles. The van der Waals surface area contributed by atoms with Crippen molar-refractivity contribution < 1.29 is 58.2 Å². The molecule has 0 spiro atoms. The van der Waals surface area contributed by atoms with E-state index in [-0.39, 0.29) is 85.1 Å². The summed E-state index contributed by atoms with van der Waals surface area (Å²) < 4.78 is 27.3. The molecule has 0 radical (unpaired) electrons. The fourth-order valence-electron chi connectivity index (χ4n) is 2.85. The summed E-state index contributed by atoms with van der Waals surface area (Å²) in [6, 6.07) is 9.19. The molecule has 0 aliphatic rings. The zero-order chi connectivity index (χ0) is 26.7. The number of hydrogen-bond donors (Lipinski definition) is 3. The van der Waals surface area contributed by atoms with Gasteiger partial charge in [-0.1, -0.05) is 30.3 Å². The topological polar surface area (TPSA) is 175 Å². The smallest absolute Gasteiger partial charge is 0.308 e. The van der Waals surface area contributed by atoms with E-state index in [0.29, 0.717) is 0 Å². The van der Waals surface area contributed by atoms with Crippen LogP contribution in [0.25, 0.3) is 0 Å². The summed E-state index contributed by atoms with van der Waals surface area (Å²) in [5, 5.41) is 26.5. The number of hydrogen-bond acceptors (Lipinski definition) is 9. The van der Waals surface area contributed by atoms with Gasteiger partial charge in [0.1, 0.15) is 6.61 Å². The summed E-state index contributed by atoms with van der Waals surface area (Å²) in [6.07, 6.45) is -0.722. The molecule has 0 amide bonds. The Bertz CT molecular complexity index is 740. The second kappa shape index (κ2) is 18.2. The van der Waals surface area contributed by atoms with Crippen LogP contribution in [0, 0.1) is 5.41 Å². The molecular formula is C24H34O12. The SMILES string of the molecule is O=C(O)CCOCC(COCCC(=O)O)(COCCC(=O)O)COCCC(=O)OCc1ccccc1. The molecule has 0 saturated heterocycles. The lowest BCUT2D eigenvalue weighted by Gasteiger charge is -2.33. The maximum Gasteiger partial charge on any atom is 0.308 e. The van der Waals surface area contributed by atoms with Gasteiger partial charge in [0.25, 0.3) is 0 Å². The van der Waals surface area contributed by atoms with Gasteiger partial charge in [-0.3, -0.25) is 19.2 Å². The minimum absolute atomic E-state index is 0.00868. The Morgan fingerprint density at radius 3 is 1.39 bits per heavy atom. The highest BCUT2D eigenvalue weighted by Crippen LogP contribution is 2.21. The van der Waals surface area contributed by atoms with Crippen molar-refractivity contribution in [3.63, 3.8) is 0 Å². The molecule has 0 aliphatic carbocycles. The van der Waals surface area contributed by atoms with Gasteiger partial charge in [-0.05, 0) is 5.56 Å². The van der Waals surface area contributed by atoms with Crippen molar-refractivity contribution in [1.29, 1.82) is 0 Å². The summed E-state index contributed by atoms with van der Waals surface area (Å²) in [5.41, 5.74) is -0.148. The summed E-state index contributed by atoms with van der Waals surface area (Å²) in [4.78, 5) is 44.4. The van der Waals surface area contributed by atoms with Gasteiger partial charge in [-0.25, -0.2) is 0 Å². The molecule has 202 valence electrons. The molecule has 0 fully saturated rings. The van der Waals surface area contributed by atoms with E-state index in [4.69, 9.17) is 39.0 Å². The first-order valence-corrected chi connectivity index (χ1v) is 11.4. The van der Waals surface area contributed by atoms with E-state index in [2.05, 4.69) is 0 Å². The average molecular weight is 515 g/mol. The van der Waals surface area contributed by atoms with Crippen LogP contribution in [0.4, 0.5) is 0 Å². The van der Waals surface area contributed by atoms with Gasteiger partial charge in [0, 0.05) is 0 Å². The third kappa shape index (κ3) is 15.8. The molecule has 3 N–H and O–H groups in total. The third-order valence-electron chi connectivity index (χ3n) is 4.71. The van der Waals surface area contributed by atoms with E-state index in [0.717, 1.165) is 5.56 Å². The molecule has 1 aromatic carbocycles. The molecule has 0 heterocycles. The van der Waals surface area contributed by atoms with Crippen molar-refractivity contribution in [1.82, 2.24) is 0 Å². The van der Waals surface area contributed by atoms with Gasteiger partial charge in [0.05, 0.1) is 84.0 Å². The number of carboxylic acids is 3. The van der Waals surface area contributed by atoms with Crippen LogP contribution < -0.4 is 0 Å². The molecule has 0 aromatic heterocycles. The quantitative estimate of drug-likeness (QED) is 0.151. The molecule has 0 unspecified atom stereocenters. The number of aliphatic carboxylic acids is 3.